The predicted octanol–water partition coefficient (Wildman–Crippen LogP) is 3.56. The van der Waals surface area contributed by atoms with Crippen molar-refractivity contribution in [3.8, 4) is 22.3 Å². The van der Waals surface area contributed by atoms with Crippen LogP contribution in [-0.4, -0.2) is 41.5 Å². The smallest absolute Gasteiger partial charge is 0.368 e. The number of nitrogens with zero attached hydrogens (tertiary/aromatic N) is 3. The van der Waals surface area contributed by atoms with E-state index in [1.807, 2.05) is 0 Å². The van der Waals surface area contributed by atoms with Gasteiger partial charge < -0.3 is 10.6 Å². The first kappa shape index (κ1) is 24.1. The number of anilines is 1. The molecule has 1 aromatic heterocycles. The summed E-state index contributed by atoms with van der Waals surface area (Å²) in [6, 6.07) is 9.07. The lowest BCUT2D eigenvalue weighted by Crippen LogP contribution is -2.38. The van der Waals surface area contributed by atoms with Crippen molar-refractivity contribution in [2.24, 2.45) is 0 Å². The van der Waals surface area contributed by atoms with E-state index in [2.05, 4.69) is 14.8 Å². The molecule has 3 rings (SSSR count). The van der Waals surface area contributed by atoms with Crippen molar-refractivity contribution in [3.63, 3.8) is 0 Å². The van der Waals surface area contributed by atoms with Crippen molar-refractivity contribution in [2.45, 2.75) is 18.0 Å². The van der Waals surface area contributed by atoms with Crippen LogP contribution in [0.2, 0.25) is 0 Å². The third-order valence-electron chi connectivity index (χ3n) is 4.37. The van der Waals surface area contributed by atoms with Gasteiger partial charge in [0.2, 0.25) is 5.95 Å². The highest BCUT2D eigenvalue weighted by Crippen LogP contribution is 2.33. The zero-order chi connectivity index (χ0) is 24.4. The molecule has 0 bridgehead atoms. The summed E-state index contributed by atoms with van der Waals surface area (Å²) in [5.41, 5.74) is 5.96. The van der Waals surface area contributed by atoms with E-state index < -0.39 is 39.4 Å². The predicted molar refractivity (Wildman–Crippen MR) is 109 cm³/mol. The van der Waals surface area contributed by atoms with Crippen LogP contribution in [0.5, 0.6) is 0 Å². The fraction of sp³-hybridized carbons (Fsp3) is 0.150. The molecule has 33 heavy (non-hydrogen) atoms. The van der Waals surface area contributed by atoms with Crippen LogP contribution in [0.4, 0.5) is 23.5 Å². The number of hydrogen-bond donors (Lipinski definition) is 1. The lowest BCUT2D eigenvalue weighted by molar-refractivity contribution is -0.222. The summed E-state index contributed by atoms with van der Waals surface area (Å²) in [5, 5.41) is 0. The van der Waals surface area contributed by atoms with E-state index in [0.29, 0.717) is 5.56 Å². The number of hydroxylamine groups is 1. The van der Waals surface area contributed by atoms with Gasteiger partial charge in [0.1, 0.15) is 5.82 Å². The quantitative estimate of drug-likeness (QED) is 0.420. The van der Waals surface area contributed by atoms with E-state index in [1.165, 1.54) is 49.6 Å². The number of sulfonamides is 1. The molecule has 0 saturated carbocycles. The number of hydrogen-bond acceptors (Lipinski definition) is 7. The molecule has 1 heterocycles. The lowest BCUT2D eigenvalue weighted by Gasteiger charge is -2.21. The molecule has 2 N–H and O–H groups in total. The molecular weight excluding hydrogens is 468 g/mol. The van der Waals surface area contributed by atoms with Gasteiger partial charge in [-0.15, -0.1) is 0 Å². The highest BCUT2D eigenvalue weighted by molar-refractivity contribution is 7.89. The molecule has 0 radical (unpaired) electrons. The van der Waals surface area contributed by atoms with Crippen molar-refractivity contribution in [1.29, 1.82) is 0 Å². The fourth-order valence-corrected chi connectivity index (χ4v) is 4.30. The van der Waals surface area contributed by atoms with Crippen LogP contribution in [-0.2, 0) is 19.7 Å². The Hall–Kier alpha value is -3.58. The van der Waals surface area contributed by atoms with Gasteiger partial charge in [0, 0.05) is 35.6 Å². The Bertz CT molecular complexity index is 1280. The van der Waals surface area contributed by atoms with Crippen molar-refractivity contribution in [2.75, 3.05) is 12.3 Å². The number of benzene rings is 2. The summed E-state index contributed by atoms with van der Waals surface area (Å²) in [6.07, 6.45) is -2.77. The fourth-order valence-electron chi connectivity index (χ4n) is 2.86. The Labute approximate surface area is 185 Å². The summed E-state index contributed by atoms with van der Waals surface area (Å²) in [4.78, 5) is 22.3. The van der Waals surface area contributed by atoms with E-state index in [9.17, 15) is 30.8 Å². The number of carbonyl (C=O) groups excluding carboxylic acids is 1. The molecular formula is C20H16F4N4O4S. The van der Waals surface area contributed by atoms with Gasteiger partial charge in [0.15, 0.2) is 0 Å². The summed E-state index contributed by atoms with van der Waals surface area (Å²) in [5.74, 6) is -3.42. The SMILES string of the molecule is CCN(OC(=O)C(F)(F)F)S(=O)(=O)c1ccccc1-c1ccc(-c2cnc(N)nc2)c(F)c1. The minimum atomic E-state index is -5.40. The van der Waals surface area contributed by atoms with Crippen molar-refractivity contribution in [1.82, 2.24) is 14.4 Å². The van der Waals surface area contributed by atoms with Gasteiger partial charge in [-0.1, -0.05) is 30.3 Å². The summed E-state index contributed by atoms with van der Waals surface area (Å²) >= 11 is 0. The van der Waals surface area contributed by atoms with Crippen LogP contribution in [0.25, 0.3) is 22.3 Å². The zero-order valence-corrected chi connectivity index (χ0v) is 17.7. The van der Waals surface area contributed by atoms with Crippen LogP contribution in [0.3, 0.4) is 0 Å². The third-order valence-corrected chi connectivity index (χ3v) is 6.15. The van der Waals surface area contributed by atoms with Crippen LogP contribution < -0.4 is 5.73 Å². The molecule has 0 spiro atoms. The average molecular weight is 484 g/mol. The van der Waals surface area contributed by atoms with Crippen molar-refractivity contribution < 1.29 is 35.6 Å². The number of halogens is 4. The lowest BCUT2D eigenvalue weighted by atomic mass is 10.0. The maximum absolute atomic E-state index is 14.8. The summed E-state index contributed by atoms with van der Waals surface area (Å²) < 4.78 is 78.4. The number of alkyl halides is 3. The van der Waals surface area contributed by atoms with E-state index in [4.69, 9.17) is 5.73 Å². The minimum absolute atomic E-state index is 0.00149. The molecule has 0 atom stereocenters. The standard InChI is InChI=1S/C20H16F4N4O4S/c1-2-28(32-18(29)20(22,23)24)33(30,31)17-6-4-3-5-15(17)12-7-8-14(16(21)9-12)13-10-26-19(25)27-11-13/h3-11H,2H2,1H3,(H2,25,26,27). The molecule has 0 aliphatic rings. The monoisotopic (exact) mass is 484 g/mol. The first-order valence-corrected chi connectivity index (χ1v) is 10.7. The zero-order valence-electron chi connectivity index (χ0n) is 16.9. The Kier molecular flexibility index (Phi) is 6.65. The van der Waals surface area contributed by atoms with Gasteiger partial charge in [-0.2, -0.15) is 13.2 Å². The van der Waals surface area contributed by atoms with E-state index in [-0.39, 0.29) is 27.1 Å². The maximum atomic E-state index is 14.8. The Morgan fingerprint density at radius 2 is 1.70 bits per heavy atom. The Balaban J connectivity index is 2.03. The average Bonchev–Trinajstić information content (AvgIpc) is 2.77. The number of carbonyl (C=O) groups is 1. The molecule has 0 unspecified atom stereocenters. The highest BCUT2D eigenvalue weighted by atomic mass is 32.2. The number of nitrogen functional groups attached to an aromatic ring is 1. The first-order valence-electron chi connectivity index (χ1n) is 9.24. The van der Waals surface area contributed by atoms with E-state index >= 15 is 0 Å². The highest BCUT2D eigenvalue weighted by Gasteiger charge is 2.44. The molecule has 2 aromatic carbocycles. The topological polar surface area (TPSA) is 115 Å². The van der Waals surface area contributed by atoms with E-state index in [0.717, 1.165) is 12.1 Å². The Morgan fingerprint density at radius 1 is 1.06 bits per heavy atom. The van der Waals surface area contributed by atoms with Gasteiger partial charge in [-0.25, -0.2) is 27.6 Å². The van der Waals surface area contributed by atoms with Gasteiger partial charge in [0.05, 0.1) is 4.90 Å². The Morgan fingerprint density at radius 3 is 2.27 bits per heavy atom. The molecule has 13 heteroatoms. The van der Waals surface area contributed by atoms with Crippen molar-refractivity contribution in [3.05, 3.63) is 60.7 Å². The van der Waals surface area contributed by atoms with Gasteiger partial charge in [0.25, 0.3) is 10.0 Å². The van der Waals surface area contributed by atoms with Crippen LogP contribution >= 0.6 is 0 Å². The molecule has 174 valence electrons. The molecule has 8 nitrogen and oxygen atoms in total. The molecule has 0 aliphatic heterocycles. The molecule has 0 fully saturated rings. The minimum Gasteiger partial charge on any atom is -0.368 e. The second kappa shape index (κ2) is 9.11. The van der Waals surface area contributed by atoms with E-state index in [1.54, 1.807) is 0 Å². The maximum Gasteiger partial charge on any atom is 0.492 e. The molecule has 0 aliphatic carbocycles. The van der Waals surface area contributed by atoms with Crippen molar-refractivity contribution >= 4 is 21.9 Å². The third kappa shape index (κ3) is 5.09. The molecule has 0 amide bonds. The number of rotatable bonds is 6. The van der Waals surface area contributed by atoms with Gasteiger partial charge in [-0.05, 0) is 29.1 Å². The van der Waals surface area contributed by atoms with Crippen LogP contribution in [0.1, 0.15) is 6.92 Å². The molecule has 0 saturated heterocycles. The first-order chi connectivity index (χ1) is 15.4. The van der Waals surface area contributed by atoms with Gasteiger partial charge in [-0.3, -0.25) is 0 Å². The summed E-state index contributed by atoms with van der Waals surface area (Å²) in [7, 11) is -4.73. The summed E-state index contributed by atoms with van der Waals surface area (Å²) in [6.45, 7) is 0.593. The van der Waals surface area contributed by atoms with Crippen LogP contribution in [0, 0.1) is 5.82 Å². The number of aromatic nitrogens is 2. The second-order valence-electron chi connectivity index (χ2n) is 6.52. The van der Waals surface area contributed by atoms with Gasteiger partial charge >= 0.3 is 12.1 Å². The molecule has 3 aromatic rings. The number of nitrogens with two attached hydrogens (primary N) is 1. The second-order valence-corrected chi connectivity index (χ2v) is 8.32. The van der Waals surface area contributed by atoms with Crippen LogP contribution in [0.15, 0.2) is 59.8 Å². The largest absolute Gasteiger partial charge is 0.492 e. The normalized spacial score (nSPS) is 12.1.